The van der Waals surface area contributed by atoms with Crippen LogP contribution in [0.2, 0.25) is 5.02 Å². The average molecular weight is 331 g/mol. The molecule has 0 bridgehead atoms. The minimum Gasteiger partial charge on any atom is -0.371 e. The zero-order valence-electron chi connectivity index (χ0n) is 11.2. The topological polar surface area (TPSA) is 3.24 Å². The molecule has 1 fully saturated rings. The zero-order valence-corrected chi connectivity index (χ0v) is 13.5. The van der Waals surface area contributed by atoms with Crippen LogP contribution < -0.4 is 4.90 Å². The van der Waals surface area contributed by atoms with Crippen LogP contribution >= 0.6 is 27.5 Å². The lowest BCUT2D eigenvalue weighted by molar-refractivity contribution is 0.238. The summed E-state index contributed by atoms with van der Waals surface area (Å²) in [7, 11) is 0. The largest absolute Gasteiger partial charge is 0.371 e. The van der Waals surface area contributed by atoms with Crippen molar-refractivity contribution in [1.82, 2.24) is 0 Å². The molecule has 1 nitrogen and oxygen atoms in total. The molecule has 0 radical (unpaired) electrons. The van der Waals surface area contributed by atoms with E-state index in [4.69, 9.17) is 11.6 Å². The standard InChI is InChI=1S/C15H21BrClN/c1-3-15(2)6-8-18(9-7-15)14-5-4-13(17)10-12(14)11-16/h4-5,10H,3,6-9,11H2,1-2H3. The van der Waals surface area contributed by atoms with Gasteiger partial charge in [0.1, 0.15) is 0 Å². The number of rotatable bonds is 3. The Kier molecular flexibility index (Phi) is 4.60. The Labute approximate surface area is 124 Å². The molecule has 1 saturated heterocycles. The van der Waals surface area contributed by atoms with E-state index in [0.29, 0.717) is 5.41 Å². The van der Waals surface area contributed by atoms with Crippen molar-refractivity contribution in [3.8, 4) is 0 Å². The van der Waals surface area contributed by atoms with Crippen LogP contribution in [-0.2, 0) is 5.33 Å². The molecule has 100 valence electrons. The van der Waals surface area contributed by atoms with E-state index >= 15 is 0 Å². The third kappa shape index (κ3) is 3.03. The summed E-state index contributed by atoms with van der Waals surface area (Å²) in [5.74, 6) is 0. The van der Waals surface area contributed by atoms with Crippen molar-refractivity contribution < 1.29 is 0 Å². The van der Waals surface area contributed by atoms with Crippen molar-refractivity contribution in [1.29, 1.82) is 0 Å². The first kappa shape index (κ1) is 14.2. The molecule has 3 heteroatoms. The molecule has 0 aromatic heterocycles. The number of anilines is 1. The number of benzene rings is 1. The molecule has 0 aliphatic carbocycles. The first-order chi connectivity index (χ1) is 8.58. The van der Waals surface area contributed by atoms with Gasteiger partial charge in [-0.3, -0.25) is 0 Å². The van der Waals surface area contributed by atoms with Crippen LogP contribution in [0.15, 0.2) is 18.2 Å². The molecule has 0 N–H and O–H groups in total. The Bertz CT molecular complexity index is 411. The molecule has 0 unspecified atom stereocenters. The fraction of sp³-hybridized carbons (Fsp3) is 0.600. The molecular weight excluding hydrogens is 310 g/mol. The third-order valence-corrected chi connectivity index (χ3v) is 5.19. The van der Waals surface area contributed by atoms with Crippen LogP contribution in [0, 0.1) is 5.41 Å². The molecule has 0 amide bonds. The van der Waals surface area contributed by atoms with Crippen molar-refractivity contribution >= 4 is 33.2 Å². The summed E-state index contributed by atoms with van der Waals surface area (Å²) in [6, 6.07) is 6.23. The molecule has 2 rings (SSSR count). The Morgan fingerprint density at radius 3 is 2.56 bits per heavy atom. The fourth-order valence-electron chi connectivity index (χ4n) is 2.61. The molecule has 1 heterocycles. The van der Waals surface area contributed by atoms with E-state index in [1.54, 1.807) is 0 Å². The summed E-state index contributed by atoms with van der Waals surface area (Å²) in [5, 5.41) is 1.69. The summed E-state index contributed by atoms with van der Waals surface area (Å²) in [6.07, 6.45) is 3.86. The van der Waals surface area contributed by atoms with Gasteiger partial charge in [-0.05, 0) is 42.0 Å². The van der Waals surface area contributed by atoms with Gasteiger partial charge in [0.05, 0.1) is 0 Å². The number of nitrogens with zero attached hydrogens (tertiary/aromatic N) is 1. The highest BCUT2D eigenvalue weighted by Crippen LogP contribution is 2.37. The number of alkyl halides is 1. The summed E-state index contributed by atoms with van der Waals surface area (Å²) in [5.41, 5.74) is 3.18. The predicted molar refractivity (Wildman–Crippen MR) is 83.9 cm³/mol. The number of hydrogen-bond acceptors (Lipinski definition) is 1. The fourth-order valence-corrected chi connectivity index (χ4v) is 3.25. The van der Waals surface area contributed by atoms with Gasteiger partial charge in [0.2, 0.25) is 0 Å². The van der Waals surface area contributed by atoms with E-state index in [1.807, 2.05) is 6.07 Å². The minimum absolute atomic E-state index is 0.539. The van der Waals surface area contributed by atoms with E-state index in [-0.39, 0.29) is 0 Å². The van der Waals surface area contributed by atoms with E-state index in [2.05, 4.69) is 46.8 Å². The van der Waals surface area contributed by atoms with E-state index < -0.39 is 0 Å². The predicted octanol–water partition coefficient (Wildman–Crippen LogP) is 5.25. The van der Waals surface area contributed by atoms with Crippen molar-refractivity contribution in [2.24, 2.45) is 5.41 Å². The maximum atomic E-state index is 6.06. The van der Waals surface area contributed by atoms with Gasteiger partial charge in [0.15, 0.2) is 0 Å². The highest BCUT2D eigenvalue weighted by molar-refractivity contribution is 9.08. The quantitative estimate of drug-likeness (QED) is 0.684. The molecule has 18 heavy (non-hydrogen) atoms. The summed E-state index contributed by atoms with van der Waals surface area (Å²) in [6.45, 7) is 7.04. The lowest BCUT2D eigenvalue weighted by Crippen LogP contribution is -2.38. The molecular formula is C15H21BrClN. The van der Waals surface area contributed by atoms with Crippen LogP contribution in [-0.4, -0.2) is 13.1 Å². The Morgan fingerprint density at radius 2 is 2.00 bits per heavy atom. The zero-order chi connectivity index (χ0) is 13.2. The molecule has 1 aromatic rings. The molecule has 1 aromatic carbocycles. The third-order valence-electron chi connectivity index (χ3n) is 4.35. The highest BCUT2D eigenvalue weighted by Gasteiger charge is 2.28. The van der Waals surface area contributed by atoms with E-state index in [1.165, 1.54) is 30.5 Å². The lowest BCUT2D eigenvalue weighted by Gasteiger charge is -2.40. The van der Waals surface area contributed by atoms with Crippen molar-refractivity contribution in [3.63, 3.8) is 0 Å². The molecule has 1 aliphatic heterocycles. The van der Waals surface area contributed by atoms with Gasteiger partial charge in [0.25, 0.3) is 0 Å². The normalized spacial score (nSPS) is 19.0. The maximum absolute atomic E-state index is 6.06. The Morgan fingerprint density at radius 1 is 1.33 bits per heavy atom. The Hall–Kier alpha value is -0.210. The lowest BCUT2D eigenvalue weighted by atomic mass is 9.78. The second-order valence-electron chi connectivity index (χ2n) is 5.56. The van der Waals surface area contributed by atoms with Crippen LogP contribution in [0.4, 0.5) is 5.69 Å². The first-order valence-corrected chi connectivity index (χ1v) is 8.17. The first-order valence-electron chi connectivity index (χ1n) is 6.67. The van der Waals surface area contributed by atoms with Crippen molar-refractivity contribution in [2.45, 2.75) is 38.4 Å². The van der Waals surface area contributed by atoms with Gasteiger partial charge in [0, 0.05) is 29.1 Å². The van der Waals surface area contributed by atoms with Gasteiger partial charge >= 0.3 is 0 Å². The molecule has 0 atom stereocenters. The van der Waals surface area contributed by atoms with Crippen molar-refractivity contribution in [3.05, 3.63) is 28.8 Å². The average Bonchev–Trinajstić information content (AvgIpc) is 2.40. The smallest absolute Gasteiger partial charge is 0.0410 e. The summed E-state index contributed by atoms with van der Waals surface area (Å²) >= 11 is 9.62. The second kappa shape index (κ2) is 5.83. The van der Waals surface area contributed by atoms with Crippen LogP contribution in [0.5, 0.6) is 0 Å². The van der Waals surface area contributed by atoms with Gasteiger partial charge in [-0.2, -0.15) is 0 Å². The molecule has 0 spiro atoms. The van der Waals surface area contributed by atoms with E-state index in [0.717, 1.165) is 23.4 Å². The molecule has 0 saturated carbocycles. The maximum Gasteiger partial charge on any atom is 0.0410 e. The summed E-state index contributed by atoms with van der Waals surface area (Å²) in [4.78, 5) is 2.50. The SMILES string of the molecule is CCC1(C)CCN(c2ccc(Cl)cc2CBr)CC1. The van der Waals surface area contributed by atoms with Crippen LogP contribution in [0.25, 0.3) is 0 Å². The van der Waals surface area contributed by atoms with Crippen LogP contribution in [0.1, 0.15) is 38.7 Å². The minimum atomic E-state index is 0.539. The Balaban J connectivity index is 2.14. The highest BCUT2D eigenvalue weighted by atomic mass is 79.9. The second-order valence-corrected chi connectivity index (χ2v) is 6.56. The van der Waals surface area contributed by atoms with Crippen molar-refractivity contribution in [2.75, 3.05) is 18.0 Å². The number of hydrogen-bond donors (Lipinski definition) is 0. The van der Waals surface area contributed by atoms with Gasteiger partial charge in [-0.15, -0.1) is 0 Å². The monoisotopic (exact) mass is 329 g/mol. The van der Waals surface area contributed by atoms with Gasteiger partial charge in [-0.1, -0.05) is 47.8 Å². The molecule has 1 aliphatic rings. The van der Waals surface area contributed by atoms with Gasteiger partial charge < -0.3 is 4.90 Å². The number of piperidine rings is 1. The van der Waals surface area contributed by atoms with E-state index in [9.17, 15) is 0 Å². The number of halogens is 2. The van der Waals surface area contributed by atoms with Crippen LogP contribution in [0.3, 0.4) is 0 Å². The van der Waals surface area contributed by atoms with Gasteiger partial charge in [-0.25, -0.2) is 0 Å². The summed E-state index contributed by atoms with van der Waals surface area (Å²) < 4.78 is 0.